The number of likely N-dealkylation sites (tertiary alicyclic amines) is 1. The van der Waals surface area contributed by atoms with Crippen LogP contribution in [0.15, 0.2) is 10.6 Å². The minimum absolute atomic E-state index is 0.000779. The minimum atomic E-state index is -0.513. The van der Waals surface area contributed by atoms with Gasteiger partial charge in [-0.05, 0) is 33.3 Å². The van der Waals surface area contributed by atoms with Crippen molar-refractivity contribution in [1.82, 2.24) is 20.3 Å². The van der Waals surface area contributed by atoms with E-state index in [0.29, 0.717) is 25.3 Å². The lowest BCUT2D eigenvalue weighted by molar-refractivity contribution is -0.129. The molecular weight excluding hydrogens is 296 g/mol. The molecule has 1 aliphatic rings. The monoisotopic (exact) mass is 318 g/mol. The number of aliphatic hydroxyl groups excluding tert-OH is 1. The number of carbonyl (C=O) groups excluding carboxylic acids is 1. The number of hydrogen-bond donors (Lipinski definition) is 2. The molecule has 1 saturated heterocycles. The fourth-order valence-corrected chi connectivity index (χ4v) is 3.12. The first kappa shape index (κ1) is 15.7. The molecular formula is C16H22N4O3. The Labute approximate surface area is 134 Å². The van der Waals surface area contributed by atoms with Crippen LogP contribution >= 0.6 is 0 Å². The topological polar surface area (TPSA) is 95.2 Å². The zero-order valence-corrected chi connectivity index (χ0v) is 13.7. The first-order valence-corrected chi connectivity index (χ1v) is 7.82. The van der Waals surface area contributed by atoms with Crippen LogP contribution < -0.4 is 0 Å². The fourth-order valence-electron chi connectivity index (χ4n) is 3.12. The van der Waals surface area contributed by atoms with Crippen molar-refractivity contribution in [2.24, 2.45) is 5.92 Å². The standard InChI is InChI=1S/C16H22N4O3/c1-9-4-13(18-17-9)5-12-7-20(8-15(12)21)16(22)6-14-10(2)19-23-11(14)3/h4,12,15,21H,5-8H2,1-3H3,(H,17,18)/t12-,15-/m1/s1. The third kappa shape index (κ3) is 3.29. The second kappa shape index (κ2) is 6.16. The van der Waals surface area contributed by atoms with Gasteiger partial charge in [0.25, 0.3) is 0 Å². The Morgan fingerprint density at radius 1 is 1.43 bits per heavy atom. The number of aromatic amines is 1. The smallest absolute Gasteiger partial charge is 0.227 e. The van der Waals surface area contributed by atoms with E-state index in [1.165, 1.54) is 0 Å². The summed E-state index contributed by atoms with van der Waals surface area (Å²) in [5.41, 5.74) is 3.51. The van der Waals surface area contributed by atoms with E-state index in [9.17, 15) is 9.90 Å². The highest BCUT2D eigenvalue weighted by atomic mass is 16.5. The Bertz CT molecular complexity index is 686. The molecule has 1 aliphatic heterocycles. The summed E-state index contributed by atoms with van der Waals surface area (Å²) >= 11 is 0. The number of carbonyl (C=O) groups is 1. The SMILES string of the molecule is Cc1cc(C[C@@H]2CN(C(=O)Cc3c(C)noc3C)C[C@H]2O)n[nH]1. The van der Waals surface area contributed by atoms with Crippen molar-refractivity contribution in [1.29, 1.82) is 0 Å². The van der Waals surface area contributed by atoms with Gasteiger partial charge in [-0.2, -0.15) is 5.10 Å². The predicted octanol–water partition coefficient (Wildman–Crippen LogP) is 0.927. The third-order valence-corrected chi connectivity index (χ3v) is 4.50. The van der Waals surface area contributed by atoms with E-state index in [4.69, 9.17) is 4.52 Å². The van der Waals surface area contributed by atoms with Crippen LogP contribution in [-0.4, -0.2) is 50.5 Å². The second-order valence-corrected chi connectivity index (χ2v) is 6.35. The van der Waals surface area contributed by atoms with E-state index in [2.05, 4.69) is 15.4 Å². The van der Waals surface area contributed by atoms with Crippen molar-refractivity contribution >= 4 is 5.91 Å². The lowest BCUT2D eigenvalue weighted by Gasteiger charge is -2.15. The van der Waals surface area contributed by atoms with Crippen LogP contribution in [0.1, 0.15) is 28.4 Å². The highest BCUT2D eigenvalue weighted by molar-refractivity contribution is 5.79. The molecule has 2 aromatic rings. The molecule has 1 amide bonds. The molecule has 0 unspecified atom stereocenters. The van der Waals surface area contributed by atoms with Crippen LogP contribution in [0.5, 0.6) is 0 Å². The Balaban J connectivity index is 1.62. The summed E-state index contributed by atoms with van der Waals surface area (Å²) in [6.07, 6.45) is 0.420. The van der Waals surface area contributed by atoms with Gasteiger partial charge in [0.2, 0.25) is 5.91 Å². The Morgan fingerprint density at radius 2 is 2.22 bits per heavy atom. The number of rotatable bonds is 4. The molecule has 3 rings (SSSR count). The molecule has 0 aliphatic carbocycles. The van der Waals surface area contributed by atoms with Gasteiger partial charge in [-0.1, -0.05) is 5.16 Å². The molecule has 1 fully saturated rings. The number of β-amino-alcohol motifs (C(OH)–C–C–N with tert-alkyl or cyclic N) is 1. The molecule has 124 valence electrons. The number of hydrogen-bond acceptors (Lipinski definition) is 5. The Hall–Kier alpha value is -2.15. The molecule has 0 aromatic carbocycles. The Morgan fingerprint density at radius 3 is 2.83 bits per heavy atom. The first-order chi connectivity index (χ1) is 10.9. The maximum atomic E-state index is 12.5. The third-order valence-electron chi connectivity index (χ3n) is 4.50. The number of aromatic nitrogens is 3. The molecule has 2 aromatic heterocycles. The summed E-state index contributed by atoms with van der Waals surface area (Å²) in [6, 6.07) is 1.97. The quantitative estimate of drug-likeness (QED) is 0.874. The molecule has 7 heteroatoms. The van der Waals surface area contributed by atoms with Gasteiger partial charge in [0.15, 0.2) is 0 Å². The van der Waals surface area contributed by atoms with Gasteiger partial charge in [-0.3, -0.25) is 9.89 Å². The van der Waals surface area contributed by atoms with Gasteiger partial charge in [-0.15, -0.1) is 0 Å². The highest BCUT2D eigenvalue weighted by Crippen LogP contribution is 2.23. The van der Waals surface area contributed by atoms with Gasteiger partial charge in [0, 0.05) is 30.3 Å². The zero-order valence-electron chi connectivity index (χ0n) is 13.7. The normalized spacial score (nSPS) is 21.1. The largest absolute Gasteiger partial charge is 0.391 e. The van der Waals surface area contributed by atoms with E-state index >= 15 is 0 Å². The van der Waals surface area contributed by atoms with Gasteiger partial charge in [-0.25, -0.2) is 0 Å². The van der Waals surface area contributed by atoms with Gasteiger partial charge >= 0.3 is 0 Å². The molecule has 0 bridgehead atoms. The summed E-state index contributed by atoms with van der Waals surface area (Å²) in [7, 11) is 0. The van der Waals surface area contributed by atoms with Crippen LogP contribution in [0.3, 0.4) is 0 Å². The maximum Gasteiger partial charge on any atom is 0.227 e. The fraction of sp³-hybridized carbons (Fsp3) is 0.562. The zero-order chi connectivity index (χ0) is 16.6. The molecule has 3 heterocycles. The second-order valence-electron chi connectivity index (χ2n) is 6.35. The molecule has 23 heavy (non-hydrogen) atoms. The number of aliphatic hydroxyl groups is 1. The van der Waals surface area contributed by atoms with Crippen molar-refractivity contribution in [3.63, 3.8) is 0 Å². The van der Waals surface area contributed by atoms with Crippen LogP contribution in [0.4, 0.5) is 0 Å². The molecule has 2 atom stereocenters. The van der Waals surface area contributed by atoms with Gasteiger partial charge in [0.05, 0.1) is 23.9 Å². The van der Waals surface area contributed by atoms with E-state index in [-0.39, 0.29) is 18.2 Å². The molecule has 0 saturated carbocycles. The van der Waals surface area contributed by atoms with Gasteiger partial charge < -0.3 is 14.5 Å². The van der Waals surface area contributed by atoms with Crippen molar-refractivity contribution in [2.45, 2.75) is 39.7 Å². The number of nitrogens with zero attached hydrogens (tertiary/aromatic N) is 3. The molecule has 7 nitrogen and oxygen atoms in total. The van der Waals surface area contributed by atoms with Crippen LogP contribution in [0, 0.1) is 26.7 Å². The van der Waals surface area contributed by atoms with E-state index < -0.39 is 6.10 Å². The summed E-state index contributed by atoms with van der Waals surface area (Å²) in [6.45, 7) is 6.51. The molecule has 0 radical (unpaired) electrons. The van der Waals surface area contributed by atoms with E-state index in [1.807, 2.05) is 26.8 Å². The van der Waals surface area contributed by atoms with Crippen molar-refractivity contribution in [3.05, 3.63) is 34.5 Å². The summed E-state index contributed by atoms with van der Waals surface area (Å²) in [5, 5.41) is 21.2. The van der Waals surface area contributed by atoms with Crippen molar-refractivity contribution < 1.29 is 14.4 Å². The molecule has 2 N–H and O–H groups in total. The lowest BCUT2D eigenvalue weighted by Crippen LogP contribution is -2.31. The highest BCUT2D eigenvalue weighted by Gasteiger charge is 2.34. The lowest BCUT2D eigenvalue weighted by atomic mass is 10.0. The average Bonchev–Trinajstić information content (AvgIpc) is 3.16. The number of amides is 1. The first-order valence-electron chi connectivity index (χ1n) is 7.82. The summed E-state index contributed by atoms with van der Waals surface area (Å²) in [5.74, 6) is 0.699. The van der Waals surface area contributed by atoms with E-state index in [0.717, 1.165) is 22.6 Å². The summed E-state index contributed by atoms with van der Waals surface area (Å²) < 4.78 is 5.10. The predicted molar refractivity (Wildman–Crippen MR) is 82.8 cm³/mol. The Kier molecular flexibility index (Phi) is 4.21. The van der Waals surface area contributed by atoms with Crippen LogP contribution in [0.2, 0.25) is 0 Å². The minimum Gasteiger partial charge on any atom is -0.391 e. The maximum absolute atomic E-state index is 12.5. The number of H-pyrrole nitrogens is 1. The van der Waals surface area contributed by atoms with Crippen LogP contribution in [0.25, 0.3) is 0 Å². The number of nitrogens with one attached hydrogen (secondary N) is 1. The molecule has 0 spiro atoms. The van der Waals surface area contributed by atoms with E-state index in [1.54, 1.807) is 4.90 Å². The average molecular weight is 318 g/mol. The van der Waals surface area contributed by atoms with Crippen LogP contribution in [-0.2, 0) is 17.6 Å². The van der Waals surface area contributed by atoms with Crippen molar-refractivity contribution in [3.8, 4) is 0 Å². The van der Waals surface area contributed by atoms with Crippen molar-refractivity contribution in [2.75, 3.05) is 13.1 Å². The summed E-state index contributed by atoms with van der Waals surface area (Å²) in [4.78, 5) is 14.2. The number of aryl methyl sites for hydroxylation is 3. The van der Waals surface area contributed by atoms with Gasteiger partial charge in [0.1, 0.15) is 5.76 Å².